The minimum Gasteiger partial charge on any atom is -0.381 e. The largest absolute Gasteiger partial charge is 0.416 e. The molecule has 10 heteroatoms. The molecule has 2 aromatic heterocycles. The number of halogens is 3. The monoisotopic (exact) mass is 586 g/mol. The number of hydrogen-bond acceptors (Lipinski definition) is 6. The molecule has 3 heterocycles. The molecule has 5 rings (SSSR count). The third-order valence-corrected chi connectivity index (χ3v) is 7.32. The van der Waals surface area contributed by atoms with Crippen LogP contribution in [0.1, 0.15) is 36.5 Å². The number of rotatable bonds is 9. The third kappa shape index (κ3) is 7.03. The molecule has 4 aromatic rings. The molecule has 43 heavy (non-hydrogen) atoms. The molecule has 1 saturated heterocycles. The predicted molar refractivity (Wildman–Crippen MR) is 167 cm³/mol. The van der Waals surface area contributed by atoms with Gasteiger partial charge in [0, 0.05) is 41.1 Å². The summed E-state index contributed by atoms with van der Waals surface area (Å²) >= 11 is 0. The molecule has 1 unspecified atom stereocenters. The van der Waals surface area contributed by atoms with Gasteiger partial charge < -0.3 is 16.0 Å². The summed E-state index contributed by atoms with van der Waals surface area (Å²) in [6.07, 6.45) is 5.99. The van der Waals surface area contributed by atoms with Gasteiger partial charge >= 0.3 is 6.18 Å². The van der Waals surface area contributed by atoms with Crippen molar-refractivity contribution in [3.63, 3.8) is 0 Å². The third-order valence-electron chi connectivity index (χ3n) is 7.32. The van der Waals surface area contributed by atoms with E-state index in [9.17, 15) is 18.0 Å². The fourth-order valence-electron chi connectivity index (χ4n) is 5.18. The first-order valence-electron chi connectivity index (χ1n) is 14.1. The van der Waals surface area contributed by atoms with E-state index in [1.807, 2.05) is 24.3 Å². The Morgan fingerprint density at radius 3 is 2.63 bits per heavy atom. The average molecular weight is 587 g/mol. The summed E-state index contributed by atoms with van der Waals surface area (Å²) in [7, 11) is 0. The molecule has 222 valence electrons. The number of nitrogens with one attached hydrogen (secondary N) is 3. The van der Waals surface area contributed by atoms with Crippen molar-refractivity contribution >= 4 is 33.9 Å². The number of alkyl halides is 3. The zero-order chi connectivity index (χ0) is 30.4. The van der Waals surface area contributed by atoms with Crippen LogP contribution in [0.15, 0.2) is 96.5 Å². The predicted octanol–water partition coefficient (Wildman–Crippen LogP) is 6.91. The van der Waals surface area contributed by atoms with Crippen LogP contribution in [-0.4, -0.2) is 33.7 Å². The van der Waals surface area contributed by atoms with E-state index in [2.05, 4.69) is 32.5 Å². The van der Waals surface area contributed by atoms with E-state index in [0.717, 1.165) is 43.4 Å². The lowest BCUT2D eigenvalue weighted by atomic mass is 10.0. The van der Waals surface area contributed by atoms with Crippen molar-refractivity contribution in [1.82, 2.24) is 19.9 Å². The molecular weight excluding hydrogens is 553 g/mol. The highest BCUT2D eigenvalue weighted by Crippen LogP contribution is 2.32. The summed E-state index contributed by atoms with van der Waals surface area (Å²) < 4.78 is 42.9. The fourth-order valence-corrected chi connectivity index (χ4v) is 5.18. The molecule has 0 spiro atoms. The molecule has 0 amide bonds. The van der Waals surface area contributed by atoms with Gasteiger partial charge in [-0.05, 0) is 73.8 Å². The molecule has 1 atom stereocenters. The highest BCUT2D eigenvalue weighted by atomic mass is 19.4. The molecule has 0 bridgehead atoms. The summed E-state index contributed by atoms with van der Waals surface area (Å²) in [6, 6.07) is 15.0. The number of benzene rings is 2. The van der Waals surface area contributed by atoms with Crippen LogP contribution < -0.4 is 21.5 Å². The van der Waals surface area contributed by atoms with Crippen LogP contribution in [-0.2, 0) is 12.7 Å². The van der Waals surface area contributed by atoms with Gasteiger partial charge in [0.25, 0.3) is 5.56 Å². The first-order valence-corrected chi connectivity index (χ1v) is 14.1. The van der Waals surface area contributed by atoms with Gasteiger partial charge in [-0.25, -0.2) is 4.98 Å². The van der Waals surface area contributed by atoms with Crippen LogP contribution in [0, 0.1) is 0 Å². The van der Waals surface area contributed by atoms with E-state index in [0.29, 0.717) is 22.6 Å². The Hall–Kier alpha value is -4.70. The quantitative estimate of drug-likeness (QED) is 0.185. The Kier molecular flexibility index (Phi) is 9.06. The maximum atomic E-state index is 13.9. The van der Waals surface area contributed by atoms with Gasteiger partial charge in [0.15, 0.2) is 0 Å². The topological polar surface area (TPSA) is 83.9 Å². The van der Waals surface area contributed by atoms with E-state index in [-0.39, 0.29) is 23.7 Å². The number of nitrogens with zero attached hydrogens (tertiary/aromatic N) is 3. The Labute approximate surface area is 247 Å². The molecule has 0 radical (unpaired) electrons. The Morgan fingerprint density at radius 2 is 1.93 bits per heavy atom. The van der Waals surface area contributed by atoms with Gasteiger partial charge in [-0.2, -0.15) is 18.2 Å². The summed E-state index contributed by atoms with van der Waals surface area (Å²) in [5.74, 6) is 0.215. The number of anilines is 3. The zero-order valence-electron chi connectivity index (χ0n) is 23.8. The second-order valence-electron chi connectivity index (χ2n) is 10.3. The Bertz CT molecular complexity index is 1720. The van der Waals surface area contributed by atoms with Crippen LogP contribution in [0.4, 0.5) is 30.5 Å². The van der Waals surface area contributed by atoms with Crippen LogP contribution in [0.3, 0.4) is 0 Å². The van der Waals surface area contributed by atoms with E-state index < -0.39 is 17.3 Å². The molecule has 1 fully saturated rings. The fraction of sp³-hybridized carbons (Fsp3) is 0.242. The van der Waals surface area contributed by atoms with Gasteiger partial charge in [-0.3, -0.25) is 9.36 Å². The molecule has 7 nitrogen and oxygen atoms in total. The van der Waals surface area contributed by atoms with Crippen LogP contribution in [0.25, 0.3) is 16.6 Å². The van der Waals surface area contributed by atoms with E-state index in [1.54, 1.807) is 43.5 Å². The first kappa shape index (κ1) is 29.8. The van der Waals surface area contributed by atoms with E-state index >= 15 is 0 Å². The van der Waals surface area contributed by atoms with Crippen LogP contribution in [0.2, 0.25) is 0 Å². The standard InChI is InChI=1S/C33H33F3N6O/c1-3-5-9-22(4-2)28-18-24-19-38-32(40-26-15-13-25(14-16-26)39-27-11-8-17-37-20-27)41-30(24)42(31(28)43)21-23-10-6-7-12-29(23)33(34,35)36/h3-7,9-10,12-16,18-19,27,37,39H,1,8,11,17,20-21H2,2H3,(H,38,40,41)/b9-5-,22-4+. The normalized spacial score (nSPS) is 16.0. The number of aromatic nitrogens is 3. The van der Waals surface area contributed by atoms with Gasteiger partial charge in [0.1, 0.15) is 5.65 Å². The molecule has 3 N–H and O–H groups in total. The van der Waals surface area contributed by atoms with Crippen molar-refractivity contribution in [2.75, 3.05) is 23.7 Å². The molecule has 2 aromatic carbocycles. The van der Waals surface area contributed by atoms with Gasteiger partial charge in [0.2, 0.25) is 5.95 Å². The van der Waals surface area contributed by atoms with Gasteiger partial charge in [0.05, 0.1) is 12.1 Å². The average Bonchev–Trinajstić information content (AvgIpc) is 3.00. The lowest BCUT2D eigenvalue weighted by Gasteiger charge is -2.24. The first-order chi connectivity index (χ1) is 20.8. The highest BCUT2D eigenvalue weighted by molar-refractivity contribution is 5.83. The van der Waals surface area contributed by atoms with E-state index in [1.165, 1.54) is 22.8 Å². The number of piperidine rings is 1. The minimum absolute atomic E-state index is 0.0383. The summed E-state index contributed by atoms with van der Waals surface area (Å²) in [4.78, 5) is 22.9. The van der Waals surface area contributed by atoms with Crippen molar-refractivity contribution in [2.45, 2.75) is 38.5 Å². The number of pyridine rings is 1. The van der Waals surface area contributed by atoms with E-state index in [4.69, 9.17) is 0 Å². The van der Waals surface area contributed by atoms with Crippen molar-refractivity contribution in [3.8, 4) is 0 Å². The van der Waals surface area contributed by atoms with Crippen molar-refractivity contribution < 1.29 is 13.2 Å². The van der Waals surface area contributed by atoms with Crippen molar-refractivity contribution in [2.24, 2.45) is 0 Å². The van der Waals surface area contributed by atoms with Gasteiger partial charge in [-0.1, -0.05) is 49.1 Å². The summed E-state index contributed by atoms with van der Waals surface area (Å²) in [5, 5.41) is 10.6. The minimum atomic E-state index is -4.58. The van der Waals surface area contributed by atoms with Gasteiger partial charge in [-0.15, -0.1) is 0 Å². The SMILES string of the molecule is C=C/C=C\C(=C/C)c1cc2cnc(Nc3ccc(NC4CCCNC4)cc3)nc2n(Cc2ccccc2C(F)(F)F)c1=O. The number of allylic oxidation sites excluding steroid dienone is 5. The molecular formula is C33H33F3N6O. The maximum Gasteiger partial charge on any atom is 0.416 e. The Balaban J connectivity index is 1.53. The second kappa shape index (κ2) is 13.1. The molecule has 0 aliphatic carbocycles. The lowest BCUT2D eigenvalue weighted by Crippen LogP contribution is -2.38. The number of fused-ring (bicyclic) bond motifs is 1. The second-order valence-corrected chi connectivity index (χ2v) is 10.3. The highest BCUT2D eigenvalue weighted by Gasteiger charge is 2.33. The van der Waals surface area contributed by atoms with Crippen molar-refractivity contribution in [1.29, 1.82) is 0 Å². The number of hydrogen-bond donors (Lipinski definition) is 3. The zero-order valence-corrected chi connectivity index (χ0v) is 23.8. The molecule has 1 aliphatic heterocycles. The smallest absolute Gasteiger partial charge is 0.381 e. The lowest BCUT2D eigenvalue weighted by molar-refractivity contribution is -0.138. The molecule has 1 aliphatic rings. The maximum absolute atomic E-state index is 13.9. The van der Waals surface area contributed by atoms with Crippen LogP contribution in [0.5, 0.6) is 0 Å². The summed E-state index contributed by atoms with van der Waals surface area (Å²) in [6.45, 7) is 7.10. The van der Waals surface area contributed by atoms with Crippen molar-refractivity contribution in [3.05, 3.63) is 119 Å². The Morgan fingerprint density at radius 1 is 1.16 bits per heavy atom. The molecule has 0 saturated carbocycles. The summed E-state index contributed by atoms with van der Waals surface area (Å²) in [5.41, 5.74) is 1.55. The van der Waals surface area contributed by atoms with Crippen LogP contribution >= 0.6 is 0 Å².